The largest absolute Gasteiger partial charge is 0.449 e. The monoisotopic (exact) mass is 632 g/mol. The Balaban J connectivity index is 1.51. The summed E-state index contributed by atoms with van der Waals surface area (Å²) in [6.07, 6.45) is 3.97. The van der Waals surface area contributed by atoms with Crippen molar-refractivity contribution in [3.8, 4) is 0 Å². The molecule has 204 valence electrons. The first-order valence-corrected chi connectivity index (χ1v) is 26.8. The molecule has 6 nitrogen and oxygen atoms in total. The Morgan fingerprint density at radius 1 is 0.525 bits per heavy atom. The number of benzene rings is 2. The van der Waals surface area contributed by atoms with E-state index in [2.05, 4.69) is 88.8 Å². The van der Waals surface area contributed by atoms with Gasteiger partial charge in [-0.1, -0.05) is 12.1 Å². The number of hydrogen-bond acceptors (Lipinski definition) is 8. The van der Waals surface area contributed by atoms with Gasteiger partial charge in [0, 0.05) is 32.6 Å². The van der Waals surface area contributed by atoms with Crippen LogP contribution < -0.4 is 21.3 Å². The van der Waals surface area contributed by atoms with Gasteiger partial charge < -0.3 is 8.23 Å². The molecule has 0 atom stereocenters. The van der Waals surface area contributed by atoms with Crippen LogP contribution in [0.2, 0.25) is 52.4 Å². The zero-order valence-corrected chi connectivity index (χ0v) is 29.7. The molecule has 1 aliphatic heterocycles. The summed E-state index contributed by atoms with van der Waals surface area (Å²) in [7, 11) is -9.50. The maximum absolute atomic E-state index is 7.23. The van der Waals surface area contributed by atoms with Crippen molar-refractivity contribution >= 4 is 118 Å². The normalized spacial score (nSPS) is 19.6. The molecule has 5 heterocycles. The lowest BCUT2D eigenvalue weighted by atomic mass is 10.2. The molecule has 8 bridgehead atoms. The highest BCUT2D eigenvalue weighted by Crippen LogP contribution is 2.34. The number of thiophene rings is 2. The highest BCUT2D eigenvalue weighted by Gasteiger charge is 2.41. The van der Waals surface area contributed by atoms with Crippen molar-refractivity contribution in [2.24, 2.45) is 0 Å². The lowest BCUT2D eigenvalue weighted by Crippen LogP contribution is -2.60. The lowest BCUT2D eigenvalue weighted by molar-refractivity contribution is 0.567. The van der Waals surface area contributed by atoms with Crippen molar-refractivity contribution < 1.29 is 8.23 Å². The third-order valence-corrected chi connectivity index (χ3v) is 24.3. The molecule has 1 aliphatic rings. The molecule has 0 radical (unpaired) electrons. The van der Waals surface area contributed by atoms with E-state index in [1.165, 1.54) is 30.5 Å². The van der Waals surface area contributed by atoms with Crippen LogP contribution in [0.4, 0.5) is 0 Å². The van der Waals surface area contributed by atoms with E-state index in [1.54, 1.807) is 22.7 Å². The second kappa shape index (κ2) is 8.67. The smallest absolute Gasteiger partial charge is 0.250 e. The van der Waals surface area contributed by atoms with E-state index >= 15 is 0 Å². The van der Waals surface area contributed by atoms with Crippen LogP contribution >= 0.6 is 22.7 Å². The predicted molar refractivity (Wildman–Crippen MR) is 180 cm³/mol. The Morgan fingerprint density at radius 2 is 0.925 bits per heavy atom. The first kappa shape index (κ1) is 26.7. The summed E-state index contributed by atoms with van der Waals surface area (Å²) >= 11 is 3.50. The summed E-state index contributed by atoms with van der Waals surface area (Å²) < 4.78 is 18.9. The van der Waals surface area contributed by atoms with E-state index in [9.17, 15) is 0 Å². The summed E-state index contributed by atoms with van der Waals surface area (Å²) in [4.78, 5) is 20.1. The molecule has 40 heavy (non-hydrogen) atoms. The van der Waals surface area contributed by atoms with Gasteiger partial charge in [-0.3, -0.25) is 0 Å². The van der Waals surface area contributed by atoms with Gasteiger partial charge >= 0.3 is 0 Å². The topological polar surface area (TPSA) is 70.0 Å². The van der Waals surface area contributed by atoms with Crippen molar-refractivity contribution in [3.05, 3.63) is 48.8 Å². The minimum atomic E-state index is -2.49. The molecule has 0 spiro atoms. The van der Waals surface area contributed by atoms with E-state index in [0.29, 0.717) is 0 Å². The van der Waals surface area contributed by atoms with E-state index in [4.69, 9.17) is 28.2 Å². The summed E-state index contributed by atoms with van der Waals surface area (Å²) in [5, 5.41) is 4.96. The number of aromatic nitrogens is 4. The third-order valence-electron chi connectivity index (χ3n) is 7.91. The van der Waals surface area contributed by atoms with E-state index in [-0.39, 0.29) is 0 Å². The van der Waals surface area contributed by atoms with Crippen molar-refractivity contribution in [1.82, 2.24) is 19.9 Å². The van der Waals surface area contributed by atoms with Gasteiger partial charge in [0.25, 0.3) is 0 Å². The Morgan fingerprint density at radius 3 is 1.35 bits per heavy atom. The fourth-order valence-electron chi connectivity index (χ4n) is 5.94. The Labute approximate surface area is 246 Å². The van der Waals surface area contributed by atoms with Crippen molar-refractivity contribution in [2.45, 2.75) is 52.4 Å². The first-order chi connectivity index (χ1) is 18.7. The minimum Gasteiger partial charge on any atom is -0.449 e. The molecule has 0 amide bonds. The van der Waals surface area contributed by atoms with Gasteiger partial charge in [-0.15, -0.1) is 22.7 Å². The third kappa shape index (κ3) is 4.19. The van der Waals surface area contributed by atoms with E-state index in [0.717, 1.165) is 31.3 Å². The Bertz CT molecular complexity index is 1720. The zero-order valence-electron chi connectivity index (χ0n) is 24.0. The maximum Gasteiger partial charge on any atom is 0.250 e. The molecule has 2 aromatic carbocycles. The zero-order chi connectivity index (χ0) is 28.2. The van der Waals surface area contributed by atoms with Crippen molar-refractivity contribution in [1.29, 1.82) is 0 Å². The fraction of sp³-hybridized carbons (Fsp3) is 0.286. The van der Waals surface area contributed by atoms with Crippen LogP contribution in [0, 0.1) is 0 Å². The van der Waals surface area contributed by atoms with Crippen LogP contribution in [0.25, 0.3) is 40.6 Å². The maximum atomic E-state index is 7.23. The number of hydrogen-bond donors (Lipinski definition) is 0. The van der Waals surface area contributed by atoms with Gasteiger partial charge in [0.2, 0.25) is 33.3 Å². The van der Waals surface area contributed by atoms with Crippen molar-refractivity contribution in [3.63, 3.8) is 0 Å². The SMILES string of the molecule is C[Si]1(C)O[Si](C)(C)c2ccc3sc4cnc(nc4c3c2)[Si](C)(C)O[Si](C)(C)c2ncc3sc4ccc1cc4c3n2. The highest BCUT2D eigenvalue weighted by atomic mass is 32.1. The number of nitrogens with zero attached hydrogens (tertiary/aromatic N) is 4. The molecule has 0 fully saturated rings. The molecule has 0 N–H and O–H groups in total. The second-order valence-electron chi connectivity index (χ2n) is 12.7. The van der Waals surface area contributed by atoms with Crippen molar-refractivity contribution in [2.75, 3.05) is 0 Å². The Kier molecular flexibility index (Phi) is 5.79. The van der Waals surface area contributed by atoms with Gasteiger partial charge in [-0.2, -0.15) is 0 Å². The number of rotatable bonds is 0. The molecular weight excluding hydrogens is 601 g/mol. The summed E-state index contributed by atoms with van der Waals surface area (Å²) in [6, 6.07) is 13.7. The molecule has 0 unspecified atom stereocenters. The highest BCUT2D eigenvalue weighted by molar-refractivity contribution is 7.26. The lowest BCUT2D eigenvalue weighted by Gasteiger charge is -2.34. The van der Waals surface area contributed by atoms with Gasteiger partial charge in [-0.05, 0) is 87.0 Å². The first-order valence-electron chi connectivity index (χ1n) is 13.5. The molecule has 0 saturated heterocycles. The molecule has 4 aromatic heterocycles. The number of fused-ring (bicyclic) bond motifs is 4. The van der Waals surface area contributed by atoms with Crippen LogP contribution in [-0.4, -0.2) is 53.2 Å². The van der Waals surface area contributed by atoms with Crippen LogP contribution in [0.5, 0.6) is 0 Å². The average molecular weight is 633 g/mol. The molecule has 7 rings (SSSR count). The standard InChI is InChI=1S/C28H32N4O2S2Si4/c1-37(2)17-9-11-21-19(13-17)25-23(35-21)15-29-27(31-25)39(5,6)34-40(7,8)28-30-16-24-26(32-28)20-14-18(38(3,4)33-37)10-12-22(20)36-24/h9-16H,1-8H3. The van der Waals surface area contributed by atoms with E-state index < -0.39 is 33.3 Å². The van der Waals surface area contributed by atoms with Crippen LogP contribution in [-0.2, 0) is 8.23 Å². The molecular formula is C28H32N4O2S2Si4. The minimum absolute atomic E-state index is 0.819. The summed E-state index contributed by atoms with van der Waals surface area (Å²) in [5.74, 6) is 0. The fourth-order valence-corrected chi connectivity index (χ4v) is 23.3. The predicted octanol–water partition coefficient (Wildman–Crippen LogP) is 5.40. The molecule has 0 saturated carbocycles. The molecule has 12 heteroatoms. The van der Waals surface area contributed by atoms with E-state index in [1.807, 2.05) is 12.4 Å². The van der Waals surface area contributed by atoms with Crippen LogP contribution in [0.3, 0.4) is 0 Å². The Hall–Kier alpha value is -2.17. The van der Waals surface area contributed by atoms with Crippen LogP contribution in [0.1, 0.15) is 0 Å². The quantitative estimate of drug-likeness (QED) is 0.209. The second-order valence-corrected chi connectivity index (χ2v) is 30.6. The summed E-state index contributed by atoms with van der Waals surface area (Å²) in [5.41, 5.74) is 3.67. The van der Waals surface area contributed by atoms with Gasteiger partial charge in [-0.25, -0.2) is 19.9 Å². The van der Waals surface area contributed by atoms with Gasteiger partial charge in [0.05, 0.1) is 20.4 Å². The molecule has 6 aromatic rings. The summed E-state index contributed by atoms with van der Waals surface area (Å²) in [6.45, 7) is 18.1. The van der Waals surface area contributed by atoms with Crippen LogP contribution in [0.15, 0.2) is 48.8 Å². The van der Waals surface area contributed by atoms with Gasteiger partial charge in [0.1, 0.15) is 10.9 Å². The average Bonchev–Trinajstić information content (AvgIpc) is 3.43. The van der Waals surface area contributed by atoms with Gasteiger partial charge in [0.15, 0.2) is 0 Å². The molecule has 0 aliphatic carbocycles.